The predicted molar refractivity (Wildman–Crippen MR) is 49.1 cm³/mol. The van der Waals surface area contributed by atoms with Crippen molar-refractivity contribution < 1.29 is 14.6 Å². The fourth-order valence-corrected chi connectivity index (χ4v) is 1.36. The highest BCUT2D eigenvalue weighted by Crippen LogP contribution is 2.19. The third-order valence-electron chi connectivity index (χ3n) is 2.18. The van der Waals surface area contributed by atoms with Crippen molar-refractivity contribution in [3.63, 3.8) is 0 Å². The van der Waals surface area contributed by atoms with Gasteiger partial charge in [-0.3, -0.25) is 4.79 Å². The average molecular weight is 184 g/mol. The zero-order valence-corrected chi connectivity index (χ0v) is 7.90. The lowest BCUT2D eigenvalue weighted by Gasteiger charge is -2.09. The lowest BCUT2D eigenvalue weighted by atomic mass is 10.0. The number of esters is 1. The van der Waals surface area contributed by atoms with Crippen LogP contribution in [0.1, 0.15) is 26.2 Å². The van der Waals surface area contributed by atoms with Crippen LogP contribution in [0.4, 0.5) is 0 Å². The highest BCUT2D eigenvalue weighted by atomic mass is 16.5. The molecule has 0 aromatic carbocycles. The van der Waals surface area contributed by atoms with Crippen LogP contribution in [0.25, 0.3) is 0 Å². The minimum Gasteiger partial charge on any atom is -0.465 e. The molecule has 2 atom stereocenters. The number of allylic oxidation sites excluding steroid dienone is 1. The Morgan fingerprint density at radius 3 is 3.08 bits per heavy atom. The van der Waals surface area contributed by atoms with Crippen LogP contribution >= 0.6 is 0 Å². The Morgan fingerprint density at radius 2 is 2.54 bits per heavy atom. The second-order valence-electron chi connectivity index (χ2n) is 3.27. The van der Waals surface area contributed by atoms with E-state index in [4.69, 9.17) is 4.74 Å². The molecule has 1 saturated heterocycles. The van der Waals surface area contributed by atoms with Gasteiger partial charge in [0, 0.05) is 0 Å². The first-order valence-corrected chi connectivity index (χ1v) is 4.77. The molecular weight excluding hydrogens is 168 g/mol. The van der Waals surface area contributed by atoms with Crippen LogP contribution in [0.5, 0.6) is 0 Å². The molecule has 0 aliphatic carbocycles. The summed E-state index contributed by atoms with van der Waals surface area (Å²) in [4.78, 5) is 11.0. The van der Waals surface area contributed by atoms with Crippen LogP contribution in [0, 0.1) is 5.92 Å². The van der Waals surface area contributed by atoms with Crippen LogP contribution in [0.2, 0.25) is 0 Å². The van der Waals surface area contributed by atoms with Crippen LogP contribution < -0.4 is 0 Å². The van der Waals surface area contributed by atoms with Gasteiger partial charge in [0.25, 0.3) is 0 Å². The zero-order valence-electron chi connectivity index (χ0n) is 7.90. The highest BCUT2D eigenvalue weighted by molar-refractivity contribution is 5.75. The summed E-state index contributed by atoms with van der Waals surface area (Å²) in [5.74, 6) is -0.609. The third-order valence-corrected chi connectivity index (χ3v) is 2.18. The molecule has 1 heterocycles. The van der Waals surface area contributed by atoms with Gasteiger partial charge in [-0.25, -0.2) is 0 Å². The lowest BCUT2D eigenvalue weighted by Crippen LogP contribution is -2.22. The molecule has 1 fully saturated rings. The number of aliphatic hydroxyl groups excluding tert-OH is 1. The van der Waals surface area contributed by atoms with E-state index in [1.54, 1.807) is 6.08 Å². The summed E-state index contributed by atoms with van der Waals surface area (Å²) in [7, 11) is 0. The molecule has 3 heteroatoms. The van der Waals surface area contributed by atoms with Crippen molar-refractivity contribution in [2.45, 2.75) is 32.3 Å². The Morgan fingerprint density at radius 1 is 1.77 bits per heavy atom. The smallest absolute Gasteiger partial charge is 0.312 e. The number of hydrogen-bond donors (Lipinski definition) is 1. The van der Waals surface area contributed by atoms with Gasteiger partial charge >= 0.3 is 5.97 Å². The Labute approximate surface area is 78.4 Å². The molecule has 0 bridgehead atoms. The number of hydrogen-bond acceptors (Lipinski definition) is 3. The molecule has 0 spiro atoms. The van der Waals surface area contributed by atoms with Gasteiger partial charge in [0.05, 0.1) is 18.6 Å². The van der Waals surface area contributed by atoms with Crippen LogP contribution in [-0.2, 0) is 9.53 Å². The molecule has 1 aliphatic rings. The molecule has 13 heavy (non-hydrogen) atoms. The number of carbonyl (C=O) groups excluding carboxylic acids is 1. The first-order valence-electron chi connectivity index (χ1n) is 4.77. The number of ether oxygens (including phenoxy) is 1. The maximum Gasteiger partial charge on any atom is 0.312 e. The number of rotatable bonds is 4. The Balaban J connectivity index is 2.37. The van der Waals surface area contributed by atoms with E-state index in [1.165, 1.54) is 0 Å². The van der Waals surface area contributed by atoms with E-state index in [0.29, 0.717) is 13.0 Å². The molecule has 74 valence electrons. The van der Waals surface area contributed by atoms with Crippen molar-refractivity contribution in [3.05, 3.63) is 12.2 Å². The average Bonchev–Trinajstić information content (AvgIpc) is 2.52. The Hall–Kier alpha value is -0.830. The van der Waals surface area contributed by atoms with E-state index in [2.05, 4.69) is 6.92 Å². The summed E-state index contributed by atoms with van der Waals surface area (Å²) in [6.45, 7) is 2.52. The van der Waals surface area contributed by atoms with E-state index in [1.807, 2.05) is 6.08 Å². The largest absolute Gasteiger partial charge is 0.465 e. The highest BCUT2D eigenvalue weighted by Gasteiger charge is 2.31. The summed E-state index contributed by atoms with van der Waals surface area (Å²) in [5.41, 5.74) is 0. The molecule has 1 aliphatic heterocycles. The molecule has 0 aromatic heterocycles. The van der Waals surface area contributed by atoms with Gasteiger partial charge in [0.2, 0.25) is 0 Å². The van der Waals surface area contributed by atoms with Gasteiger partial charge in [-0.05, 0) is 12.8 Å². The first-order chi connectivity index (χ1) is 6.25. The molecule has 2 unspecified atom stereocenters. The van der Waals surface area contributed by atoms with Crippen molar-refractivity contribution in [2.24, 2.45) is 5.92 Å². The lowest BCUT2D eigenvalue weighted by molar-refractivity contribution is -0.143. The minimum atomic E-state index is -0.665. The van der Waals surface area contributed by atoms with Crippen molar-refractivity contribution in [2.75, 3.05) is 6.61 Å². The third kappa shape index (κ3) is 2.84. The van der Waals surface area contributed by atoms with E-state index < -0.39 is 6.10 Å². The Bertz CT molecular complexity index is 198. The second kappa shape index (κ2) is 5.02. The van der Waals surface area contributed by atoms with Crippen molar-refractivity contribution in [1.29, 1.82) is 0 Å². The monoisotopic (exact) mass is 184 g/mol. The molecule has 1 N–H and O–H groups in total. The van der Waals surface area contributed by atoms with E-state index >= 15 is 0 Å². The molecule has 0 saturated carbocycles. The quantitative estimate of drug-likeness (QED) is 0.528. The van der Waals surface area contributed by atoms with Crippen molar-refractivity contribution >= 4 is 5.97 Å². The van der Waals surface area contributed by atoms with E-state index in [-0.39, 0.29) is 11.9 Å². The molecule has 0 aromatic rings. The SMILES string of the molecule is CCCC=CC(O)C1CCOC1=O. The summed E-state index contributed by atoms with van der Waals surface area (Å²) >= 11 is 0. The van der Waals surface area contributed by atoms with Gasteiger partial charge < -0.3 is 9.84 Å². The van der Waals surface area contributed by atoms with E-state index in [0.717, 1.165) is 12.8 Å². The second-order valence-corrected chi connectivity index (χ2v) is 3.27. The maximum atomic E-state index is 11.0. The van der Waals surface area contributed by atoms with Crippen LogP contribution in [-0.4, -0.2) is 23.8 Å². The van der Waals surface area contributed by atoms with Gasteiger partial charge in [0.1, 0.15) is 0 Å². The van der Waals surface area contributed by atoms with E-state index in [9.17, 15) is 9.90 Å². The molecular formula is C10H16O3. The van der Waals surface area contributed by atoms with Crippen molar-refractivity contribution in [3.8, 4) is 0 Å². The molecule has 3 nitrogen and oxygen atoms in total. The fourth-order valence-electron chi connectivity index (χ4n) is 1.36. The van der Waals surface area contributed by atoms with Crippen LogP contribution in [0.15, 0.2) is 12.2 Å². The number of carbonyl (C=O) groups is 1. The summed E-state index contributed by atoms with van der Waals surface area (Å²) in [6.07, 6.45) is 5.58. The first kappa shape index (κ1) is 10.3. The Kier molecular flexibility index (Phi) is 3.96. The predicted octanol–water partition coefficient (Wildman–Crippen LogP) is 1.27. The fraction of sp³-hybridized carbons (Fsp3) is 0.700. The maximum absolute atomic E-state index is 11.0. The molecule has 1 rings (SSSR count). The normalized spacial score (nSPS) is 25.1. The number of cyclic esters (lactones) is 1. The van der Waals surface area contributed by atoms with Gasteiger partial charge in [-0.15, -0.1) is 0 Å². The molecule has 0 amide bonds. The summed E-state index contributed by atoms with van der Waals surface area (Å²) < 4.78 is 4.76. The van der Waals surface area contributed by atoms with Crippen LogP contribution in [0.3, 0.4) is 0 Å². The molecule has 0 radical (unpaired) electrons. The van der Waals surface area contributed by atoms with Gasteiger partial charge in [-0.1, -0.05) is 25.5 Å². The minimum absolute atomic E-state index is 0.270. The van der Waals surface area contributed by atoms with Crippen molar-refractivity contribution in [1.82, 2.24) is 0 Å². The van der Waals surface area contributed by atoms with Gasteiger partial charge in [-0.2, -0.15) is 0 Å². The zero-order chi connectivity index (χ0) is 9.68. The summed E-state index contributed by atoms with van der Waals surface area (Å²) in [6, 6.07) is 0. The van der Waals surface area contributed by atoms with Gasteiger partial charge in [0.15, 0.2) is 0 Å². The number of aliphatic hydroxyl groups is 1. The summed E-state index contributed by atoms with van der Waals surface area (Å²) in [5, 5.41) is 9.56. The standard InChI is InChI=1S/C10H16O3/c1-2-3-4-5-9(11)8-6-7-13-10(8)12/h4-5,8-9,11H,2-3,6-7H2,1H3. The topological polar surface area (TPSA) is 46.5 Å². The number of unbranched alkanes of at least 4 members (excludes halogenated alkanes) is 1.